The normalized spacial score (nSPS) is 15.4. The third kappa shape index (κ3) is 7.50. The van der Waals surface area contributed by atoms with Crippen molar-refractivity contribution in [1.29, 1.82) is 0 Å². The molecule has 0 radical (unpaired) electrons. The molecule has 4 aromatic carbocycles. The van der Waals surface area contributed by atoms with E-state index in [2.05, 4.69) is 64.1 Å². The fourth-order valence-corrected chi connectivity index (χ4v) is 8.55. The monoisotopic (exact) mass is 583 g/mol. The molecule has 1 fully saturated rings. The SMILES string of the molecule is Cc1cc(C)cc(CN(CCCC[N+]2(Cc3cc(C)cc(C)c3)CCCCC2)S(=O)(=O)c2ccc3ccccc3c2)c1. The second-order valence-electron chi connectivity index (χ2n) is 12.8. The van der Waals surface area contributed by atoms with Crippen LogP contribution < -0.4 is 0 Å². The van der Waals surface area contributed by atoms with Gasteiger partial charge < -0.3 is 4.48 Å². The molecule has 0 N–H and O–H groups in total. The van der Waals surface area contributed by atoms with Gasteiger partial charge in [-0.15, -0.1) is 0 Å². The Labute approximate surface area is 253 Å². The van der Waals surface area contributed by atoms with Gasteiger partial charge in [0.15, 0.2) is 0 Å². The first-order chi connectivity index (χ1) is 20.1. The number of hydrogen-bond acceptors (Lipinski definition) is 2. The predicted octanol–water partition coefficient (Wildman–Crippen LogP) is 8.25. The molecule has 1 aliphatic rings. The van der Waals surface area contributed by atoms with Crippen LogP contribution in [0.25, 0.3) is 10.8 Å². The van der Waals surface area contributed by atoms with Crippen molar-refractivity contribution >= 4 is 20.8 Å². The van der Waals surface area contributed by atoms with E-state index in [0.29, 0.717) is 18.0 Å². The zero-order valence-electron chi connectivity index (χ0n) is 25.9. The van der Waals surface area contributed by atoms with Gasteiger partial charge in [0, 0.05) is 18.7 Å². The van der Waals surface area contributed by atoms with E-state index in [1.807, 2.05) is 36.4 Å². The van der Waals surface area contributed by atoms with Crippen molar-refractivity contribution in [3.8, 4) is 0 Å². The molecular formula is C37H47N2O2S+. The summed E-state index contributed by atoms with van der Waals surface area (Å²) in [6.45, 7) is 14.1. The minimum absolute atomic E-state index is 0.375. The molecule has 0 aromatic heterocycles. The van der Waals surface area contributed by atoms with Crippen molar-refractivity contribution in [2.75, 3.05) is 26.2 Å². The zero-order valence-corrected chi connectivity index (χ0v) is 26.7. The number of nitrogens with zero attached hydrogens (tertiary/aromatic N) is 2. The van der Waals surface area contributed by atoms with Crippen molar-refractivity contribution in [3.05, 3.63) is 112 Å². The summed E-state index contributed by atoms with van der Waals surface area (Å²) in [4.78, 5) is 0.375. The molecule has 5 rings (SSSR count). The average Bonchev–Trinajstić information content (AvgIpc) is 2.94. The van der Waals surface area contributed by atoms with Crippen molar-refractivity contribution in [2.45, 2.75) is 77.8 Å². The summed E-state index contributed by atoms with van der Waals surface area (Å²) >= 11 is 0. The lowest BCUT2D eigenvalue weighted by molar-refractivity contribution is -0.945. The van der Waals surface area contributed by atoms with Gasteiger partial charge >= 0.3 is 0 Å². The molecule has 4 nitrogen and oxygen atoms in total. The van der Waals surface area contributed by atoms with Crippen LogP contribution in [0.3, 0.4) is 0 Å². The van der Waals surface area contributed by atoms with Gasteiger partial charge in [-0.25, -0.2) is 8.42 Å². The summed E-state index contributed by atoms with van der Waals surface area (Å²) in [7, 11) is -3.67. The minimum Gasteiger partial charge on any atom is -0.320 e. The van der Waals surface area contributed by atoms with E-state index in [0.717, 1.165) is 57.9 Å². The third-order valence-electron chi connectivity index (χ3n) is 8.85. The van der Waals surface area contributed by atoms with E-state index in [9.17, 15) is 8.42 Å². The first-order valence-corrected chi connectivity index (χ1v) is 17.0. The standard InChI is InChI=1S/C37H47N2O2S/c1-29-20-30(2)23-33(22-29)27-38(42(40,41)37-15-14-35-12-6-7-13-36(35)26-37)16-8-11-19-39(17-9-5-10-18-39)28-34-24-31(3)21-32(4)25-34/h6-7,12-15,20-26H,5,8-11,16-19,27-28H2,1-4H3/q+1. The summed E-state index contributed by atoms with van der Waals surface area (Å²) in [6, 6.07) is 26.8. The maximum absolute atomic E-state index is 14.1. The Balaban J connectivity index is 1.35. The van der Waals surface area contributed by atoms with E-state index in [4.69, 9.17) is 0 Å². The second-order valence-corrected chi connectivity index (χ2v) is 14.7. The molecule has 0 saturated carbocycles. The van der Waals surface area contributed by atoms with Crippen LogP contribution in [-0.2, 0) is 23.1 Å². The number of unbranched alkanes of at least 4 members (excludes halogenated alkanes) is 1. The van der Waals surface area contributed by atoms with Gasteiger partial charge in [-0.2, -0.15) is 4.31 Å². The molecule has 0 bridgehead atoms. The highest BCUT2D eigenvalue weighted by atomic mass is 32.2. The Hall–Kier alpha value is -2.99. The topological polar surface area (TPSA) is 37.4 Å². The van der Waals surface area contributed by atoms with Gasteiger partial charge in [0.1, 0.15) is 6.54 Å². The summed E-state index contributed by atoms with van der Waals surface area (Å²) < 4.78 is 31.1. The smallest absolute Gasteiger partial charge is 0.243 e. The van der Waals surface area contributed by atoms with Gasteiger partial charge in [-0.05, 0) is 88.3 Å². The fraction of sp³-hybridized carbons (Fsp3) is 0.405. The van der Waals surface area contributed by atoms with Gasteiger partial charge in [0.2, 0.25) is 10.0 Å². The highest BCUT2D eigenvalue weighted by Gasteiger charge is 2.31. The quantitative estimate of drug-likeness (QED) is 0.132. The Morgan fingerprint density at radius 1 is 0.667 bits per heavy atom. The first-order valence-electron chi connectivity index (χ1n) is 15.6. The molecule has 0 spiro atoms. The Morgan fingerprint density at radius 2 is 1.26 bits per heavy atom. The highest BCUT2D eigenvalue weighted by molar-refractivity contribution is 7.89. The molecule has 0 amide bonds. The van der Waals surface area contributed by atoms with Crippen LogP contribution in [0.2, 0.25) is 0 Å². The molecule has 0 unspecified atom stereocenters. The van der Waals surface area contributed by atoms with Crippen LogP contribution in [-0.4, -0.2) is 43.4 Å². The number of sulfonamides is 1. The summed E-state index contributed by atoms with van der Waals surface area (Å²) in [5.41, 5.74) is 7.48. The lowest BCUT2D eigenvalue weighted by atomic mass is 10.0. The first kappa shape index (κ1) is 30.5. The van der Waals surface area contributed by atoms with Crippen LogP contribution in [0.1, 0.15) is 65.5 Å². The number of fused-ring (bicyclic) bond motifs is 1. The molecule has 1 aliphatic heterocycles. The van der Waals surface area contributed by atoms with E-state index < -0.39 is 10.0 Å². The maximum Gasteiger partial charge on any atom is 0.243 e. The molecular weight excluding hydrogens is 536 g/mol. The number of quaternary nitrogens is 1. The van der Waals surface area contributed by atoms with Crippen molar-refractivity contribution in [3.63, 3.8) is 0 Å². The molecule has 5 heteroatoms. The minimum atomic E-state index is -3.67. The van der Waals surface area contributed by atoms with Crippen LogP contribution in [0, 0.1) is 27.7 Å². The van der Waals surface area contributed by atoms with Gasteiger partial charge in [0.25, 0.3) is 0 Å². The number of benzene rings is 4. The summed E-state index contributed by atoms with van der Waals surface area (Å²) in [5, 5.41) is 2.00. The average molecular weight is 584 g/mol. The second kappa shape index (κ2) is 13.1. The van der Waals surface area contributed by atoms with Crippen molar-refractivity contribution in [1.82, 2.24) is 4.31 Å². The van der Waals surface area contributed by atoms with Crippen LogP contribution >= 0.6 is 0 Å². The maximum atomic E-state index is 14.1. The lowest BCUT2D eigenvalue weighted by Gasteiger charge is -2.42. The number of aryl methyl sites for hydroxylation is 4. The third-order valence-corrected chi connectivity index (χ3v) is 10.7. The van der Waals surface area contributed by atoms with E-state index >= 15 is 0 Å². The van der Waals surface area contributed by atoms with E-state index in [-0.39, 0.29) is 0 Å². The summed E-state index contributed by atoms with van der Waals surface area (Å²) in [6.07, 6.45) is 5.74. The molecule has 1 saturated heterocycles. The Morgan fingerprint density at radius 3 is 1.90 bits per heavy atom. The highest BCUT2D eigenvalue weighted by Crippen LogP contribution is 2.27. The van der Waals surface area contributed by atoms with Crippen LogP contribution in [0.4, 0.5) is 0 Å². The number of piperidine rings is 1. The Bertz CT molecular complexity index is 1600. The molecule has 1 heterocycles. The molecule has 42 heavy (non-hydrogen) atoms. The van der Waals surface area contributed by atoms with Crippen molar-refractivity contribution < 1.29 is 12.9 Å². The van der Waals surface area contributed by atoms with E-state index in [1.54, 1.807) is 10.4 Å². The van der Waals surface area contributed by atoms with Gasteiger partial charge in [-0.3, -0.25) is 0 Å². The largest absolute Gasteiger partial charge is 0.320 e. The molecule has 0 aliphatic carbocycles. The van der Waals surface area contributed by atoms with E-state index in [1.165, 1.54) is 49.0 Å². The van der Waals surface area contributed by atoms with Gasteiger partial charge in [-0.1, -0.05) is 89.0 Å². The molecule has 0 atom stereocenters. The number of rotatable bonds is 11. The molecule has 4 aromatic rings. The van der Waals surface area contributed by atoms with Crippen LogP contribution in [0.15, 0.2) is 83.8 Å². The number of likely N-dealkylation sites (tertiary alicyclic amines) is 1. The Kier molecular flexibility index (Phi) is 9.51. The molecule has 222 valence electrons. The van der Waals surface area contributed by atoms with Gasteiger partial charge in [0.05, 0.1) is 24.5 Å². The number of hydrogen-bond donors (Lipinski definition) is 0. The fourth-order valence-electron chi connectivity index (χ4n) is 7.05. The lowest BCUT2D eigenvalue weighted by Crippen LogP contribution is -2.51. The summed E-state index contributed by atoms with van der Waals surface area (Å²) in [5.74, 6) is 0. The predicted molar refractivity (Wildman–Crippen MR) is 175 cm³/mol. The van der Waals surface area contributed by atoms with Crippen molar-refractivity contribution in [2.24, 2.45) is 0 Å². The van der Waals surface area contributed by atoms with Crippen LogP contribution in [0.5, 0.6) is 0 Å². The zero-order chi connectivity index (χ0) is 29.7.